The van der Waals surface area contributed by atoms with Gasteiger partial charge >= 0.3 is 0 Å². The van der Waals surface area contributed by atoms with Crippen molar-refractivity contribution >= 4 is 0 Å². The maximum Gasteiger partial charge on any atom is 0.00722 e. The first-order chi connectivity index (χ1) is 8.99. The van der Waals surface area contributed by atoms with Gasteiger partial charge in [-0.2, -0.15) is 0 Å². The Labute approximate surface area is 120 Å². The van der Waals surface area contributed by atoms with Gasteiger partial charge in [0.1, 0.15) is 0 Å². The fourth-order valence-electron chi connectivity index (χ4n) is 4.27. The van der Waals surface area contributed by atoms with Crippen LogP contribution in [0.3, 0.4) is 0 Å². The average Bonchev–Trinajstić information content (AvgIpc) is 2.38. The number of nitrogens with one attached hydrogen (secondary N) is 1. The van der Waals surface area contributed by atoms with Crippen molar-refractivity contribution in [3.05, 3.63) is 0 Å². The molecule has 1 heteroatoms. The van der Waals surface area contributed by atoms with Crippen molar-refractivity contribution < 1.29 is 0 Å². The Morgan fingerprint density at radius 1 is 0.895 bits per heavy atom. The van der Waals surface area contributed by atoms with E-state index in [9.17, 15) is 0 Å². The highest BCUT2D eigenvalue weighted by Gasteiger charge is 2.31. The molecule has 0 aromatic carbocycles. The van der Waals surface area contributed by atoms with Gasteiger partial charge in [0.15, 0.2) is 0 Å². The van der Waals surface area contributed by atoms with Crippen LogP contribution in [0.1, 0.15) is 85.5 Å². The molecule has 0 aromatic heterocycles. The van der Waals surface area contributed by atoms with Crippen LogP contribution in [0, 0.1) is 17.3 Å². The molecule has 2 aliphatic rings. The second-order valence-electron chi connectivity index (χ2n) is 8.22. The highest BCUT2D eigenvalue weighted by atomic mass is 15.0. The third-order valence-corrected chi connectivity index (χ3v) is 5.78. The van der Waals surface area contributed by atoms with E-state index in [1.54, 1.807) is 0 Å². The summed E-state index contributed by atoms with van der Waals surface area (Å²) in [6, 6.07) is 1.65. The SMILES string of the molecule is CCC1CCCC(NC2CCC(C(C)(C)C)CC2)C1. The van der Waals surface area contributed by atoms with Gasteiger partial charge in [-0.1, -0.05) is 47.0 Å². The highest BCUT2D eigenvalue weighted by Crippen LogP contribution is 2.38. The molecule has 0 aliphatic heterocycles. The normalized spacial score (nSPS) is 37.3. The summed E-state index contributed by atoms with van der Waals surface area (Å²) < 4.78 is 0. The van der Waals surface area contributed by atoms with Crippen LogP contribution in [-0.2, 0) is 0 Å². The maximum atomic E-state index is 3.99. The lowest BCUT2D eigenvalue weighted by Crippen LogP contribution is -2.43. The zero-order valence-electron chi connectivity index (χ0n) is 13.7. The summed E-state index contributed by atoms with van der Waals surface area (Å²) in [7, 11) is 0. The zero-order valence-corrected chi connectivity index (χ0v) is 13.7. The molecule has 0 saturated heterocycles. The van der Waals surface area contributed by atoms with E-state index in [4.69, 9.17) is 0 Å². The Morgan fingerprint density at radius 2 is 1.58 bits per heavy atom. The zero-order chi connectivity index (χ0) is 13.9. The average molecular weight is 265 g/mol. The second kappa shape index (κ2) is 6.61. The topological polar surface area (TPSA) is 12.0 Å². The first-order valence-corrected chi connectivity index (χ1v) is 8.75. The predicted molar refractivity (Wildman–Crippen MR) is 84.4 cm³/mol. The summed E-state index contributed by atoms with van der Waals surface area (Å²) in [6.45, 7) is 9.61. The van der Waals surface area contributed by atoms with Crippen LogP contribution in [0.2, 0.25) is 0 Å². The van der Waals surface area contributed by atoms with Crippen molar-refractivity contribution in [3.8, 4) is 0 Å². The first-order valence-electron chi connectivity index (χ1n) is 8.75. The molecule has 2 fully saturated rings. The minimum Gasteiger partial charge on any atom is -0.311 e. The van der Waals surface area contributed by atoms with Crippen molar-refractivity contribution in [1.29, 1.82) is 0 Å². The third kappa shape index (κ3) is 4.48. The molecule has 0 amide bonds. The molecule has 0 spiro atoms. The molecule has 2 aliphatic carbocycles. The van der Waals surface area contributed by atoms with Gasteiger partial charge in [0.2, 0.25) is 0 Å². The van der Waals surface area contributed by atoms with Crippen LogP contribution in [0.15, 0.2) is 0 Å². The fraction of sp³-hybridized carbons (Fsp3) is 1.00. The largest absolute Gasteiger partial charge is 0.311 e. The lowest BCUT2D eigenvalue weighted by atomic mass is 9.71. The van der Waals surface area contributed by atoms with Crippen LogP contribution in [0.25, 0.3) is 0 Å². The Bertz CT molecular complexity index is 257. The summed E-state index contributed by atoms with van der Waals surface area (Å²) >= 11 is 0. The molecular formula is C18H35N. The van der Waals surface area contributed by atoms with E-state index < -0.39 is 0 Å². The maximum absolute atomic E-state index is 3.99. The standard InChI is InChI=1S/C18H35N/c1-5-14-7-6-8-17(13-14)19-16-11-9-15(10-12-16)18(2,3)4/h14-17,19H,5-13H2,1-4H3. The molecule has 2 unspecified atom stereocenters. The number of hydrogen-bond donors (Lipinski definition) is 1. The molecular weight excluding hydrogens is 230 g/mol. The minimum atomic E-state index is 0.517. The van der Waals surface area contributed by atoms with E-state index in [1.807, 2.05) is 0 Å². The summed E-state index contributed by atoms with van der Waals surface area (Å²) in [5.74, 6) is 1.94. The molecule has 0 bridgehead atoms. The van der Waals surface area contributed by atoms with Crippen LogP contribution in [0.5, 0.6) is 0 Å². The van der Waals surface area contributed by atoms with Crippen LogP contribution in [0.4, 0.5) is 0 Å². The molecule has 0 aromatic rings. The van der Waals surface area contributed by atoms with Crippen molar-refractivity contribution in [2.75, 3.05) is 0 Å². The molecule has 112 valence electrons. The summed E-state index contributed by atoms with van der Waals surface area (Å²) in [4.78, 5) is 0. The van der Waals surface area contributed by atoms with Crippen LogP contribution in [-0.4, -0.2) is 12.1 Å². The van der Waals surface area contributed by atoms with Crippen LogP contribution >= 0.6 is 0 Å². The quantitative estimate of drug-likeness (QED) is 0.744. The molecule has 2 rings (SSSR count). The summed E-state index contributed by atoms with van der Waals surface area (Å²) in [5.41, 5.74) is 0.517. The van der Waals surface area contributed by atoms with Gasteiger partial charge in [0, 0.05) is 12.1 Å². The molecule has 1 nitrogen and oxygen atoms in total. The second-order valence-corrected chi connectivity index (χ2v) is 8.22. The lowest BCUT2D eigenvalue weighted by Gasteiger charge is -2.39. The van der Waals surface area contributed by atoms with Crippen molar-refractivity contribution in [3.63, 3.8) is 0 Å². The van der Waals surface area contributed by atoms with Crippen molar-refractivity contribution in [2.24, 2.45) is 17.3 Å². The molecule has 0 radical (unpaired) electrons. The van der Waals surface area contributed by atoms with Gasteiger partial charge in [0.05, 0.1) is 0 Å². The Morgan fingerprint density at radius 3 is 2.16 bits per heavy atom. The van der Waals surface area contributed by atoms with E-state index in [1.165, 1.54) is 57.8 Å². The Hall–Kier alpha value is -0.0400. The molecule has 2 saturated carbocycles. The van der Waals surface area contributed by atoms with Crippen molar-refractivity contribution in [1.82, 2.24) is 5.32 Å². The van der Waals surface area contributed by atoms with E-state index >= 15 is 0 Å². The van der Waals surface area contributed by atoms with Gasteiger partial charge in [-0.05, 0) is 55.8 Å². The van der Waals surface area contributed by atoms with E-state index in [-0.39, 0.29) is 0 Å². The van der Waals surface area contributed by atoms with E-state index in [2.05, 4.69) is 33.0 Å². The van der Waals surface area contributed by atoms with Gasteiger partial charge < -0.3 is 5.32 Å². The van der Waals surface area contributed by atoms with E-state index in [0.29, 0.717) is 5.41 Å². The molecule has 2 atom stereocenters. The Balaban J connectivity index is 1.73. The van der Waals surface area contributed by atoms with Gasteiger partial charge in [-0.15, -0.1) is 0 Å². The minimum absolute atomic E-state index is 0.517. The van der Waals surface area contributed by atoms with Gasteiger partial charge in [-0.3, -0.25) is 0 Å². The van der Waals surface area contributed by atoms with Crippen LogP contribution < -0.4 is 5.32 Å². The highest BCUT2D eigenvalue weighted by molar-refractivity contribution is 4.86. The first kappa shape index (κ1) is 15.4. The van der Waals surface area contributed by atoms with Gasteiger partial charge in [0.25, 0.3) is 0 Å². The predicted octanol–water partition coefficient (Wildman–Crippen LogP) is 5.15. The van der Waals surface area contributed by atoms with Crippen molar-refractivity contribution in [2.45, 2.75) is 97.6 Å². The molecule has 1 N–H and O–H groups in total. The van der Waals surface area contributed by atoms with Gasteiger partial charge in [-0.25, -0.2) is 0 Å². The number of rotatable bonds is 3. The number of hydrogen-bond acceptors (Lipinski definition) is 1. The molecule has 19 heavy (non-hydrogen) atoms. The lowest BCUT2D eigenvalue weighted by molar-refractivity contribution is 0.148. The third-order valence-electron chi connectivity index (χ3n) is 5.78. The fourth-order valence-corrected chi connectivity index (χ4v) is 4.27. The smallest absolute Gasteiger partial charge is 0.00722 e. The summed E-state index contributed by atoms with van der Waals surface area (Å²) in [6.07, 6.45) is 12.9. The summed E-state index contributed by atoms with van der Waals surface area (Å²) in [5, 5.41) is 3.99. The molecule has 0 heterocycles. The van der Waals surface area contributed by atoms with E-state index in [0.717, 1.165) is 23.9 Å². The monoisotopic (exact) mass is 265 g/mol. The Kier molecular flexibility index (Phi) is 5.34.